The highest BCUT2D eigenvalue weighted by Crippen LogP contribution is 2.23. The number of aromatic nitrogens is 2. The van der Waals surface area contributed by atoms with Crippen LogP contribution in [0.2, 0.25) is 0 Å². The van der Waals surface area contributed by atoms with Gasteiger partial charge in [-0.2, -0.15) is 9.40 Å². The van der Waals surface area contributed by atoms with E-state index in [1.165, 1.54) is 10.5 Å². The number of nitrogens with zero attached hydrogens (tertiary/aromatic N) is 3. The van der Waals surface area contributed by atoms with Gasteiger partial charge >= 0.3 is 0 Å². The molecular weight excluding hydrogens is 264 g/mol. The molecule has 1 heterocycles. The monoisotopic (exact) mass is 288 g/mol. The summed E-state index contributed by atoms with van der Waals surface area (Å²) in [6.45, 7) is 8.51. The first-order chi connectivity index (χ1) is 8.71. The van der Waals surface area contributed by atoms with Gasteiger partial charge in [0.15, 0.2) is 5.82 Å². The minimum atomic E-state index is -3.59. The molecule has 2 N–H and O–H groups in total. The summed E-state index contributed by atoms with van der Waals surface area (Å²) in [5.74, 6) is 0.294. The number of anilines is 1. The van der Waals surface area contributed by atoms with Crippen LogP contribution in [-0.2, 0) is 16.6 Å². The Morgan fingerprint density at radius 3 is 2.47 bits per heavy atom. The quantitative estimate of drug-likeness (QED) is 0.861. The zero-order valence-corrected chi connectivity index (χ0v) is 13.1. The van der Waals surface area contributed by atoms with Gasteiger partial charge in [0.1, 0.15) is 4.90 Å². The molecule has 0 aliphatic carbocycles. The number of nitrogens with two attached hydrogens (primary N) is 1. The molecule has 7 heteroatoms. The Balaban J connectivity index is 3.13. The summed E-state index contributed by atoms with van der Waals surface area (Å²) in [7, 11) is -2.01. The SMILES string of the molecule is CCCn1cc(S(=O)(=O)N(C)C(C)C(C)C)c(N)n1. The zero-order valence-electron chi connectivity index (χ0n) is 12.3. The van der Waals surface area contributed by atoms with Crippen molar-refractivity contribution >= 4 is 15.8 Å². The molecule has 0 aliphatic rings. The van der Waals surface area contributed by atoms with E-state index in [0.717, 1.165) is 6.42 Å². The predicted molar refractivity (Wildman–Crippen MR) is 76.2 cm³/mol. The van der Waals surface area contributed by atoms with E-state index in [1.54, 1.807) is 11.7 Å². The standard InChI is InChI=1S/C12H24N4O2S/c1-6-7-16-8-11(12(13)14-16)19(17,18)15(5)10(4)9(2)3/h8-10H,6-7H2,1-5H3,(H2,13,14). The van der Waals surface area contributed by atoms with E-state index in [2.05, 4.69) is 5.10 Å². The third-order valence-corrected chi connectivity index (χ3v) is 5.36. The van der Waals surface area contributed by atoms with Crippen LogP contribution >= 0.6 is 0 Å². The maximum absolute atomic E-state index is 12.5. The zero-order chi connectivity index (χ0) is 14.8. The van der Waals surface area contributed by atoms with Crippen molar-refractivity contribution in [3.63, 3.8) is 0 Å². The molecule has 0 fully saturated rings. The maximum atomic E-state index is 12.5. The molecule has 1 atom stereocenters. The maximum Gasteiger partial charge on any atom is 0.248 e. The second-order valence-corrected chi connectivity index (χ2v) is 7.11. The molecule has 19 heavy (non-hydrogen) atoms. The number of hydrogen-bond acceptors (Lipinski definition) is 4. The summed E-state index contributed by atoms with van der Waals surface area (Å²) in [4.78, 5) is 0.0935. The lowest BCUT2D eigenvalue weighted by atomic mass is 10.1. The van der Waals surface area contributed by atoms with Crippen LogP contribution in [0, 0.1) is 5.92 Å². The van der Waals surface area contributed by atoms with Gasteiger partial charge in [0.05, 0.1) is 0 Å². The van der Waals surface area contributed by atoms with Gasteiger partial charge in [-0.15, -0.1) is 0 Å². The van der Waals surface area contributed by atoms with Crippen LogP contribution in [0.25, 0.3) is 0 Å². The average molecular weight is 288 g/mol. The van der Waals surface area contributed by atoms with Gasteiger partial charge in [0.25, 0.3) is 0 Å². The molecule has 0 spiro atoms. The normalized spacial score (nSPS) is 14.3. The van der Waals surface area contributed by atoms with Gasteiger partial charge in [-0.1, -0.05) is 20.8 Å². The first kappa shape index (κ1) is 16.0. The molecule has 1 aromatic rings. The van der Waals surface area contributed by atoms with Crippen LogP contribution in [0.4, 0.5) is 5.82 Å². The van der Waals surface area contributed by atoms with Crippen LogP contribution in [0.15, 0.2) is 11.1 Å². The molecule has 110 valence electrons. The highest BCUT2D eigenvalue weighted by Gasteiger charge is 2.30. The predicted octanol–water partition coefficient (Wildman–Crippen LogP) is 1.54. The summed E-state index contributed by atoms with van der Waals surface area (Å²) >= 11 is 0. The number of sulfonamides is 1. The number of nitrogen functional groups attached to an aromatic ring is 1. The van der Waals surface area contributed by atoms with Gasteiger partial charge in [0, 0.05) is 25.8 Å². The lowest BCUT2D eigenvalue weighted by Gasteiger charge is -2.26. The van der Waals surface area contributed by atoms with E-state index in [0.29, 0.717) is 6.54 Å². The van der Waals surface area contributed by atoms with Crippen molar-refractivity contribution in [3.8, 4) is 0 Å². The number of hydrogen-bond donors (Lipinski definition) is 1. The lowest BCUT2D eigenvalue weighted by molar-refractivity contribution is 0.316. The van der Waals surface area contributed by atoms with Crippen LogP contribution < -0.4 is 5.73 Å². The fourth-order valence-corrected chi connectivity index (χ4v) is 3.31. The van der Waals surface area contributed by atoms with E-state index < -0.39 is 10.0 Å². The Morgan fingerprint density at radius 2 is 2.00 bits per heavy atom. The second kappa shape index (κ2) is 5.92. The molecule has 1 unspecified atom stereocenters. The highest BCUT2D eigenvalue weighted by molar-refractivity contribution is 7.89. The van der Waals surface area contributed by atoms with Crippen LogP contribution in [0.1, 0.15) is 34.1 Å². The van der Waals surface area contributed by atoms with Crippen LogP contribution in [-0.4, -0.2) is 35.6 Å². The second-order valence-electron chi connectivity index (χ2n) is 5.15. The van der Waals surface area contributed by atoms with Crippen molar-refractivity contribution in [1.29, 1.82) is 0 Å². The van der Waals surface area contributed by atoms with Crippen molar-refractivity contribution in [2.45, 2.75) is 51.6 Å². The van der Waals surface area contributed by atoms with E-state index >= 15 is 0 Å². The largest absolute Gasteiger partial charge is 0.381 e. The fourth-order valence-electron chi connectivity index (χ4n) is 1.75. The van der Waals surface area contributed by atoms with Gasteiger partial charge in [-0.25, -0.2) is 8.42 Å². The molecule has 1 aromatic heterocycles. The minimum absolute atomic E-state index is 0.0660. The fraction of sp³-hybridized carbons (Fsp3) is 0.750. The summed E-state index contributed by atoms with van der Waals surface area (Å²) in [6.07, 6.45) is 2.39. The molecule has 0 radical (unpaired) electrons. The first-order valence-corrected chi connectivity index (χ1v) is 7.96. The summed E-state index contributed by atoms with van der Waals surface area (Å²) < 4.78 is 28.0. The van der Waals surface area contributed by atoms with Crippen molar-refractivity contribution in [2.24, 2.45) is 5.92 Å². The molecule has 1 rings (SSSR count). The molecule has 0 saturated heterocycles. The third kappa shape index (κ3) is 3.27. The summed E-state index contributed by atoms with van der Waals surface area (Å²) in [5.41, 5.74) is 5.73. The Morgan fingerprint density at radius 1 is 1.42 bits per heavy atom. The molecular formula is C12H24N4O2S. The minimum Gasteiger partial charge on any atom is -0.381 e. The van der Waals surface area contributed by atoms with Gasteiger partial charge in [-0.3, -0.25) is 4.68 Å². The van der Waals surface area contributed by atoms with Crippen molar-refractivity contribution in [3.05, 3.63) is 6.20 Å². The van der Waals surface area contributed by atoms with E-state index in [1.807, 2.05) is 27.7 Å². The van der Waals surface area contributed by atoms with Crippen molar-refractivity contribution < 1.29 is 8.42 Å². The Kier molecular flexibility index (Phi) is 4.98. The number of rotatable bonds is 6. The molecule has 0 aliphatic heterocycles. The van der Waals surface area contributed by atoms with Gasteiger partial charge in [0.2, 0.25) is 10.0 Å². The molecule has 0 saturated carbocycles. The van der Waals surface area contributed by atoms with E-state index in [-0.39, 0.29) is 22.7 Å². The van der Waals surface area contributed by atoms with Crippen molar-refractivity contribution in [2.75, 3.05) is 12.8 Å². The third-order valence-electron chi connectivity index (χ3n) is 3.40. The smallest absolute Gasteiger partial charge is 0.248 e. The highest BCUT2D eigenvalue weighted by atomic mass is 32.2. The molecule has 0 aromatic carbocycles. The Hall–Kier alpha value is -1.08. The summed E-state index contributed by atoms with van der Waals surface area (Å²) in [5, 5.41) is 4.04. The topological polar surface area (TPSA) is 81.2 Å². The van der Waals surface area contributed by atoms with Gasteiger partial charge < -0.3 is 5.73 Å². The van der Waals surface area contributed by atoms with E-state index in [9.17, 15) is 8.42 Å². The lowest BCUT2D eigenvalue weighted by Crippen LogP contribution is -2.38. The Labute approximate surface area is 115 Å². The Bertz CT molecular complexity index is 522. The van der Waals surface area contributed by atoms with Crippen LogP contribution in [0.5, 0.6) is 0 Å². The summed E-state index contributed by atoms with van der Waals surface area (Å²) in [6, 6.07) is -0.0982. The van der Waals surface area contributed by atoms with Crippen LogP contribution in [0.3, 0.4) is 0 Å². The molecule has 6 nitrogen and oxygen atoms in total. The van der Waals surface area contributed by atoms with Crippen molar-refractivity contribution in [1.82, 2.24) is 14.1 Å². The molecule has 0 bridgehead atoms. The van der Waals surface area contributed by atoms with E-state index in [4.69, 9.17) is 5.73 Å². The average Bonchev–Trinajstić information content (AvgIpc) is 2.69. The number of aryl methyl sites for hydroxylation is 1. The molecule has 0 amide bonds. The first-order valence-electron chi connectivity index (χ1n) is 6.52. The van der Waals surface area contributed by atoms with Gasteiger partial charge in [-0.05, 0) is 19.3 Å².